The third-order valence-electron chi connectivity index (χ3n) is 7.28. The van der Waals surface area contributed by atoms with Crippen LogP contribution in [0, 0.1) is 0 Å². The van der Waals surface area contributed by atoms with Crippen LogP contribution in [0.4, 0.5) is 0 Å². The van der Waals surface area contributed by atoms with Crippen molar-refractivity contribution >= 4 is 28.6 Å². The van der Waals surface area contributed by atoms with Gasteiger partial charge in [-0.2, -0.15) is 0 Å². The highest BCUT2D eigenvalue weighted by Crippen LogP contribution is 2.45. The van der Waals surface area contributed by atoms with E-state index >= 15 is 0 Å². The SMILES string of the molecule is C=Cc1ccc2nc(OC)c(C(c3ccc(Cl)cc3)C3(O)CCN(Cc4ccccc4)CC3)cc2c1. The third-order valence-corrected chi connectivity index (χ3v) is 7.54. The molecule has 0 aliphatic carbocycles. The van der Waals surface area contributed by atoms with Gasteiger partial charge in [-0.05, 0) is 59.9 Å². The minimum atomic E-state index is -0.959. The first-order valence-corrected chi connectivity index (χ1v) is 12.7. The van der Waals surface area contributed by atoms with Crippen LogP contribution < -0.4 is 4.74 Å². The van der Waals surface area contributed by atoms with Gasteiger partial charge < -0.3 is 9.84 Å². The molecule has 0 amide bonds. The fourth-order valence-corrected chi connectivity index (χ4v) is 5.48. The molecule has 1 unspecified atom stereocenters. The largest absolute Gasteiger partial charge is 0.481 e. The van der Waals surface area contributed by atoms with Crippen molar-refractivity contribution in [3.05, 3.63) is 113 Å². The van der Waals surface area contributed by atoms with Gasteiger partial charge in [0.15, 0.2) is 0 Å². The number of likely N-dealkylation sites (tertiary alicyclic amines) is 1. The Hall–Kier alpha value is -3.18. The van der Waals surface area contributed by atoms with Crippen molar-refractivity contribution < 1.29 is 9.84 Å². The third kappa shape index (κ3) is 5.03. The molecular weight excluding hydrogens is 468 g/mol. The Balaban J connectivity index is 1.54. The maximum absolute atomic E-state index is 12.2. The molecule has 1 fully saturated rings. The fraction of sp³-hybridized carbons (Fsp3) is 0.258. The topological polar surface area (TPSA) is 45.6 Å². The van der Waals surface area contributed by atoms with Gasteiger partial charge in [0, 0.05) is 41.5 Å². The highest BCUT2D eigenvalue weighted by atomic mass is 35.5. The molecule has 1 aromatic heterocycles. The van der Waals surface area contributed by atoms with Crippen molar-refractivity contribution in [1.82, 2.24) is 9.88 Å². The summed E-state index contributed by atoms with van der Waals surface area (Å²) in [5, 5.41) is 13.9. The summed E-state index contributed by atoms with van der Waals surface area (Å²) in [6.07, 6.45) is 3.11. The van der Waals surface area contributed by atoms with E-state index in [9.17, 15) is 5.11 Å². The monoisotopic (exact) mass is 498 g/mol. The van der Waals surface area contributed by atoms with Crippen LogP contribution in [0.3, 0.4) is 0 Å². The van der Waals surface area contributed by atoms with Crippen LogP contribution in [-0.2, 0) is 6.54 Å². The van der Waals surface area contributed by atoms with Crippen molar-refractivity contribution in [2.24, 2.45) is 0 Å². The van der Waals surface area contributed by atoms with Crippen molar-refractivity contribution in [2.45, 2.75) is 30.9 Å². The number of hydrogen-bond donors (Lipinski definition) is 1. The van der Waals surface area contributed by atoms with Gasteiger partial charge in [0.1, 0.15) is 0 Å². The van der Waals surface area contributed by atoms with Gasteiger partial charge in [-0.15, -0.1) is 0 Å². The maximum atomic E-state index is 12.2. The van der Waals surface area contributed by atoms with Crippen LogP contribution in [-0.4, -0.2) is 40.8 Å². The molecule has 1 aliphatic heterocycles. The normalized spacial score (nSPS) is 16.5. The van der Waals surface area contributed by atoms with Crippen LogP contribution in [0.1, 0.15) is 41.0 Å². The van der Waals surface area contributed by atoms with Gasteiger partial charge in [-0.1, -0.05) is 72.8 Å². The first kappa shape index (κ1) is 24.5. The Labute approximate surface area is 217 Å². The number of aliphatic hydroxyl groups is 1. The standard InChI is InChI=1S/C31H31ClN2O2/c1-3-22-9-14-28-25(19-22)20-27(30(33-28)36-2)29(24-10-12-26(32)13-11-24)31(35)15-17-34(18-16-31)21-23-7-5-4-6-8-23/h3-14,19-20,29,35H,1,15-18,21H2,2H3. The predicted octanol–water partition coefficient (Wildman–Crippen LogP) is 6.70. The van der Waals surface area contributed by atoms with E-state index in [1.165, 1.54) is 5.56 Å². The van der Waals surface area contributed by atoms with E-state index in [0.29, 0.717) is 23.7 Å². The van der Waals surface area contributed by atoms with Crippen molar-refractivity contribution in [2.75, 3.05) is 20.2 Å². The Kier molecular flexibility index (Phi) is 7.10. The molecule has 0 bridgehead atoms. The molecule has 36 heavy (non-hydrogen) atoms. The van der Waals surface area contributed by atoms with E-state index in [1.54, 1.807) is 7.11 Å². The molecule has 1 saturated heterocycles. The number of ether oxygens (including phenoxy) is 1. The first-order valence-electron chi connectivity index (χ1n) is 12.3. The van der Waals surface area contributed by atoms with Crippen molar-refractivity contribution in [1.29, 1.82) is 0 Å². The fourth-order valence-electron chi connectivity index (χ4n) is 5.35. The lowest BCUT2D eigenvalue weighted by atomic mass is 9.72. The smallest absolute Gasteiger partial charge is 0.217 e. The molecule has 0 spiro atoms. The van der Waals surface area contributed by atoms with Crippen LogP contribution in [0.5, 0.6) is 5.88 Å². The lowest BCUT2D eigenvalue weighted by Crippen LogP contribution is -2.48. The number of pyridine rings is 1. The molecule has 1 atom stereocenters. The minimum Gasteiger partial charge on any atom is -0.481 e. The molecule has 4 aromatic rings. The van der Waals surface area contributed by atoms with Crippen molar-refractivity contribution in [3.63, 3.8) is 0 Å². The summed E-state index contributed by atoms with van der Waals surface area (Å²) >= 11 is 6.23. The summed E-state index contributed by atoms with van der Waals surface area (Å²) < 4.78 is 5.79. The number of methoxy groups -OCH3 is 1. The number of aromatic nitrogens is 1. The van der Waals surface area contributed by atoms with E-state index in [0.717, 1.165) is 47.2 Å². The zero-order valence-corrected chi connectivity index (χ0v) is 21.3. The second-order valence-corrected chi connectivity index (χ2v) is 10.0. The van der Waals surface area contributed by atoms with Gasteiger partial charge in [0.25, 0.3) is 0 Å². The Bertz CT molecular complexity index is 1350. The van der Waals surface area contributed by atoms with E-state index in [1.807, 2.05) is 48.5 Å². The molecule has 5 rings (SSSR count). The maximum Gasteiger partial charge on any atom is 0.217 e. The summed E-state index contributed by atoms with van der Waals surface area (Å²) in [6, 6.07) is 26.4. The molecule has 3 aromatic carbocycles. The number of benzene rings is 3. The second-order valence-electron chi connectivity index (χ2n) is 9.59. The number of hydrogen-bond acceptors (Lipinski definition) is 4. The Morgan fingerprint density at radius 1 is 1.06 bits per heavy atom. The summed E-state index contributed by atoms with van der Waals surface area (Å²) in [7, 11) is 1.64. The summed E-state index contributed by atoms with van der Waals surface area (Å²) in [4.78, 5) is 7.24. The van der Waals surface area contributed by atoms with Gasteiger partial charge in [-0.25, -0.2) is 4.98 Å². The zero-order chi connectivity index (χ0) is 25.1. The van der Waals surface area contributed by atoms with Crippen molar-refractivity contribution in [3.8, 4) is 5.88 Å². The lowest BCUT2D eigenvalue weighted by Gasteiger charge is -2.43. The van der Waals surface area contributed by atoms with Crippen LogP contribution in [0.15, 0.2) is 85.4 Å². The molecule has 0 radical (unpaired) electrons. The number of fused-ring (bicyclic) bond motifs is 1. The molecule has 184 valence electrons. The van der Waals surface area contributed by atoms with Gasteiger partial charge >= 0.3 is 0 Å². The van der Waals surface area contributed by atoms with Crippen LogP contribution >= 0.6 is 11.6 Å². The van der Waals surface area contributed by atoms with Crippen LogP contribution in [0.2, 0.25) is 5.02 Å². The average molecular weight is 499 g/mol. The van der Waals surface area contributed by atoms with E-state index in [4.69, 9.17) is 21.3 Å². The summed E-state index contributed by atoms with van der Waals surface area (Å²) in [5.41, 5.74) is 4.08. The molecule has 4 nitrogen and oxygen atoms in total. The van der Waals surface area contributed by atoms with E-state index < -0.39 is 5.60 Å². The molecule has 0 saturated carbocycles. The van der Waals surface area contributed by atoms with E-state index in [2.05, 4.69) is 47.9 Å². The average Bonchev–Trinajstić information content (AvgIpc) is 2.91. The minimum absolute atomic E-state index is 0.312. The highest BCUT2D eigenvalue weighted by Gasteiger charge is 2.43. The molecule has 1 N–H and O–H groups in total. The number of piperidine rings is 1. The molecule has 2 heterocycles. The number of rotatable bonds is 7. The van der Waals surface area contributed by atoms with Crippen LogP contribution in [0.25, 0.3) is 17.0 Å². The lowest BCUT2D eigenvalue weighted by molar-refractivity contribution is -0.0360. The van der Waals surface area contributed by atoms with Gasteiger partial charge in [0.2, 0.25) is 5.88 Å². The van der Waals surface area contributed by atoms with E-state index in [-0.39, 0.29) is 5.92 Å². The number of nitrogens with zero attached hydrogens (tertiary/aromatic N) is 2. The predicted molar refractivity (Wildman–Crippen MR) is 148 cm³/mol. The summed E-state index contributed by atoms with van der Waals surface area (Å²) in [6.45, 7) is 6.40. The number of halogens is 1. The summed E-state index contributed by atoms with van der Waals surface area (Å²) in [5.74, 6) is 0.224. The quantitative estimate of drug-likeness (QED) is 0.308. The molecule has 1 aliphatic rings. The first-order chi connectivity index (χ1) is 17.5. The van der Waals surface area contributed by atoms with Gasteiger partial charge in [-0.3, -0.25) is 4.90 Å². The second kappa shape index (κ2) is 10.4. The molecule has 5 heteroatoms. The Morgan fingerprint density at radius 2 is 1.78 bits per heavy atom. The molecular formula is C31H31ClN2O2. The zero-order valence-electron chi connectivity index (χ0n) is 20.5. The Morgan fingerprint density at radius 3 is 2.44 bits per heavy atom. The van der Waals surface area contributed by atoms with Gasteiger partial charge in [0.05, 0.1) is 18.2 Å². The highest BCUT2D eigenvalue weighted by molar-refractivity contribution is 6.30.